The van der Waals surface area contributed by atoms with Crippen LogP contribution >= 0.6 is 0 Å². The molecular weight excluding hydrogens is 414 g/mol. The van der Waals surface area contributed by atoms with Crippen molar-refractivity contribution in [2.24, 2.45) is 12.5 Å². The van der Waals surface area contributed by atoms with Gasteiger partial charge in [-0.05, 0) is 46.0 Å². The number of hydrogen-bond acceptors (Lipinski definition) is 1. The van der Waals surface area contributed by atoms with E-state index in [-0.39, 0.29) is 0 Å². The Kier molecular flexibility index (Phi) is 4.09. The van der Waals surface area contributed by atoms with Gasteiger partial charge in [0.1, 0.15) is 18.2 Å². The summed E-state index contributed by atoms with van der Waals surface area (Å²) in [5.74, 6) is 0. The Labute approximate surface area is 203 Å². The Hall–Kier alpha value is -3.65. The third-order valence-electron chi connectivity index (χ3n) is 6.65. The summed E-state index contributed by atoms with van der Waals surface area (Å²) in [6, 6.07) is 25.2. The molecule has 0 aliphatic rings. The number of pyridine rings is 1. The fourth-order valence-corrected chi connectivity index (χ4v) is 5.22. The van der Waals surface area contributed by atoms with Gasteiger partial charge < -0.3 is 4.42 Å². The van der Waals surface area contributed by atoms with Crippen LogP contribution in [0.2, 0.25) is 0 Å². The van der Waals surface area contributed by atoms with Crippen LogP contribution in [0.25, 0.3) is 54.7 Å². The van der Waals surface area contributed by atoms with Crippen molar-refractivity contribution < 1.29 is 11.7 Å². The number of nitrogens with zero attached hydrogens (tertiary/aromatic N) is 1. The minimum Gasteiger partial charge on any atom is -0.454 e. The predicted octanol–water partition coefficient (Wildman–Crippen LogP) is 8.28. The number of aryl methyl sites for hydroxylation is 2. The van der Waals surface area contributed by atoms with Gasteiger partial charge in [-0.1, -0.05) is 81.4 Å². The van der Waals surface area contributed by atoms with E-state index >= 15 is 0 Å². The third-order valence-corrected chi connectivity index (χ3v) is 6.65. The molecule has 0 aliphatic heterocycles. The van der Waals surface area contributed by atoms with Gasteiger partial charge in [0.25, 0.3) is 0 Å². The van der Waals surface area contributed by atoms with Crippen molar-refractivity contribution in [3.63, 3.8) is 0 Å². The highest BCUT2D eigenvalue weighted by atomic mass is 16.3. The van der Waals surface area contributed by atoms with Crippen molar-refractivity contribution in [2.45, 2.75) is 34.1 Å². The number of aromatic nitrogens is 1. The number of rotatable bonds is 2. The molecule has 168 valence electrons. The summed E-state index contributed by atoms with van der Waals surface area (Å²) < 4.78 is 26.6. The highest BCUT2D eigenvalue weighted by Crippen LogP contribution is 2.43. The van der Waals surface area contributed by atoms with E-state index in [1.807, 2.05) is 46.1 Å². The first-order valence-corrected chi connectivity index (χ1v) is 11.9. The molecule has 0 bridgehead atoms. The highest BCUT2D eigenvalue weighted by molar-refractivity contribution is 6.30. The van der Waals surface area contributed by atoms with Gasteiger partial charge in [0.15, 0.2) is 6.20 Å². The van der Waals surface area contributed by atoms with Crippen molar-refractivity contribution in [2.75, 3.05) is 0 Å². The first kappa shape index (κ1) is 18.7. The van der Waals surface area contributed by atoms with E-state index in [9.17, 15) is 0 Å². The molecule has 2 nitrogen and oxygen atoms in total. The smallest absolute Gasteiger partial charge is 0.216 e. The normalized spacial score (nSPS) is 13.7. The quantitative estimate of drug-likeness (QED) is 0.193. The molecule has 2 aromatic heterocycles. The van der Waals surface area contributed by atoms with Crippen molar-refractivity contribution in [1.29, 1.82) is 0 Å². The molecule has 0 saturated carbocycles. The molecule has 0 unspecified atom stereocenters. The van der Waals surface area contributed by atoms with Gasteiger partial charge in [0.2, 0.25) is 5.69 Å². The van der Waals surface area contributed by atoms with Crippen molar-refractivity contribution in [3.05, 3.63) is 90.1 Å². The van der Waals surface area contributed by atoms with Crippen LogP contribution in [-0.4, -0.2) is 0 Å². The van der Waals surface area contributed by atoms with Crippen LogP contribution in [0.5, 0.6) is 0 Å². The average molecular weight is 447 g/mol. The second-order valence-corrected chi connectivity index (χ2v) is 10.3. The first-order valence-electron chi connectivity index (χ1n) is 12.9. The van der Waals surface area contributed by atoms with Crippen LogP contribution < -0.4 is 4.57 Å². The summed E-state index contributed by atoms with van der Waals surface area (Å²) in [6.07, 6.45) is 0.470. The average Bonchev–Trinajstić information content (AvgIpc) is 3.24. The van der Waals surface area contributed by atoms with Crippen LogP contribution in [-0.2, 0) is 13.4 Å². The maximum absolute atomic E-state index is 8.87. The van der Waals surface area contributed by atoms with Crippen LogP contribution in [0.3, 0.4) is 0 Å². The van der Waals surface area contributed by atoms with E-state index < -0.39 is 11.8 Å². The molecule has 2 heteroatoms. The van der Waals surface area contributed by atoms with E-state index in [4.69, 9.17) is 7.16 Å². The van der Waals surface area contributed by atoms with Crippen LogP contribution in [0.4, 0.5) is 0 Å². The Morgan fingerprint density at radius 3 is 2.15 bits per heavy atom. The zero-order valence-electron chi connectivity index (χ0n) is 22.4. The van der Waals surface area contributed by atoms with Gasteiger partial charge in [-0.2, -0.15) is 0 Å². The standard InChI is InChI=1S/C32H30NO/c1-20-14-15-26-29-24-12-8-6-10-22(24)23-11-7-9-13-25(23)30(29)34-31(26)28(20)27-18-21(16-17-33(27)5)19-32(2,3)4/h6-18H,19H2,1-5H3/q+1/i19D2. The van der Waals surface area contributed by atoms with Crippen LogP contribution in [0, 0.1) is 12.3 Å². The van der Waals surface area contributed by atoms with Gasteiger partial charge in [0.05, 0.1) is 5.56 Å². The molecular formula is C32H30NO+. The minimum atomic E-state index is -1.49. The molecule has 0 fully saturated rings. The monoisotopic (exact) mass is 446 g/mol. The fraction of sp³-hybridized carbons (Fsp3) is 0.219. The van der Waals surface area contributed by atoms with Crippen molar-refractivity contribution in [3.8, 4) is 11.3 Å². The van der Waals surface area contributed by atoms with E-state index in [0.29, 0.717) is 5.56 Å². The topological polar surface area (TPSA) is 17.0 Å². The van der Waals surface area contributed by atoms with Crippen molar-refractivity contribution in [1.82, 2.24) is 0 Å². The highest BCUT2D eigenvalue weighted by Gasteiger charge is 2.24. The lowest BCUT2D eigenvalue weighted by atomic mass is 9.87. The number of hydrogen-bond donors (Lipinski definition) is 0. The number of benzene rings is 4. The zero-order chi connectivity index (χ0) is 25.4. The van der Waals surface area contributed by atoms with E-state index in [0.717, 1.165) is 44.1 Å². The molecule has 6 rings (SSSR count). The first-order chi connectivity index (χ1) is 17.1. The maximum atomic E-state index is 8.87. The Morgan fingerprint density at radius 1 is 0.794 bits per heavy atom. The largest absolute Gasteiger partial charge is 0.454 e. The molecule has 0 aliphatic carbocycles. The minimum absolute atomic E-state index is 0.539. The zero-order valence-corrected chi connectivity index (χ0v) is 20.4. The summed E-state index contributed by atoms with van der Waals surface area (Å²) in [5.41, 5.74) is 4.92. The molecule has 0 N–H and O–H groups in total. The summed E-state index contributed by atoms with van der Waals surface area (Å²) in [6.45, 7) is 7.94. The lowest BCUT2D eigenvalue weighted by molar-refractivity contribution is -0.660. The van der Waals surface area contributed by atoms with Gasteiger partial charge >= 0.3 is 0 Å². The molecule has 6 aromatic rings. The van der Waals surface area contributed by atoms with Gasteiger partial charge in [-0.25, -0.2) is 4.57 Å². The molecule has 4 aromatic carbocycles. The number of fused-ring (bicyclic) bond motifs is 8. The summed E-state index contributed by atoms with van der Waals surface area (Å²) in [7, 11) is 2.01. The molecule has 0 radical (unpaired) electrons. The van der Waals surface area contributed by atoms with Gasteiger partial charge in [-0.3, -0.25) is 0 Å². The SMILES string of the molecule is [2H]C([2H])(c1cc[n+](C)c(-c2c(C)ccc3c2oc2c4ccccc4c4ccccc4c32)c1)C(C)(C)C. The van der Waals surface area contributed by atoms with Crippen LogP contribution in [0.1, 0.15) is 34.6 Å². The Bertz CT molecular complexity index is 1820. The summed E-state index contributed by atoms with van der Waals surface area (Å²) in [4.78, 5) is 0. The van der Waals surface area contributed by atoms with E-state index in [1.165, 1.54) is 16.2 Å². The number of furan rings is 1. The fourth-order valence-electron chi connectivity index (χ4n) is 5.22. The Morgan fingerprint density at radius 2 is 1.44 bits per heavy atom. The van der Waals surface area contributed by atoms with E-state index in [1.54, 1.807) is 0 Å². The van der Waals surface area contributed by atoms with Gasteiger partial charge in [0, 0.05) is 31.0 Å². The molecule has 0 amide bonds. The second-order valence-electron chi connectivity index (χ2n) is 10.3. The van der Waals surface area contributed by atoms with E-state index in [2.05, 4.69) is 72.2 Å². The molecule has 2 heterocycles. The lowest BCUT2D eigenvalue weighted by Gasteiger charge is -2.18. The summed E-state index contributed by atoms with van der Waals surface area (Å²) in [5, 5.41) is 6.90. The molecule has 0 saturated heterocycles. The lowest BCUT2D eigenvalue weighted by Crippen LogP contribution is -2.31. The second kappa shape index (κ2) is 7.43. The molecule has 34 heavy (non-hydrogen) atoms. The van der Waals surface area contributed by atoms with Crippen molar-refractivity contribution >= 4 is 43.5 Å². The molecule has 0 spiro atoms. The molecule has 0 atom stereocenters. The Balaban J connectivity index is 1.75. The third kappa shape index (κ3) is 3.20. The predicted molar refractivity (Wildman–Crippen MR) is 143 cm³/mol. The van der Waals surface area contributed by atoms with Crippen LogP contribution in [0.15, 0.2) is 83.4 Å². The maximum Gasteiger partial charge on any atom is 0.216 e. The summed E-state index contributed by atoms with van der Waals surface area (Å²) >= 11 is 0. The van der Waals surface area contributed by atoms with Gasteiger partial charge in [-0.15, -0.1) is 0 Å².